The van der Waals surface area contributed by atoms with Gasteiger partial charge < -0.3 is 24.4 Å². The van der Waals surface area contributed by atoms with Crippen molar-refractivity contribution in [2.75, 3.05) is 19.0 Å². The average molecular weight is 343 g/mol. The van der Waals surface area contributed by atoms with E-state index in [4.69, 9.17) is 14.5 Å². The van der Waals surface area contributed by atoms with E-state index in [0.717, 1.165) is 5.56 Å². The molecule has 1 atom stereocenters. The Labute approximate surface area is 145 Å². The number of nitrogens with zero attached hydrogens (tertiary/aromatic N) is 3. The number of carbonyl (C=O) groups is 1. The smallest absolute Gasteiger partial charge is 0.481 e. The van der Waals surface area contributed by atoms with Gasteiger partial charge in [-0.1, -0.05) is 0 Å². The Morgan fingerprint density at radius 1 is 1.40 bits per heavy atom. The van der Waals surface area contributed by atoms with Crippen LogP contribution in [0.25, 0.3) is 0 Å². The molecule has 8 nitrogen and oxygen atoms in total. The highest BCUT2D eigenvalue weighted by Gasteiger charge is 2.37. The fourth-order valence-electron chi connectivity index (χ4n) is 2.82. The Kier molecular flexibility index (Phi) is 4.60. The molecule has 0 bridgehead atoms. The van der Waals surface area contributed by atoms with E-state index in [1.807, 2.05) is 25.9 Å². The first-order chi connectivity index (χ1) is 11.8. The Morgan fingerprint density at radius 2 is 2.16 bits per heavy atom. The molecule has 0 saturated heterocycles. The van der Waals surface area contributed by atoms with Crippen LogP contribution < -0.4 is 15.1 Å². The third-order valence-electron chi connectivity index (χ3n) is 3.91. The van der Waals surface area contributed by atoms with E-state index in [9.17, 15) is 9.82 Å². The summed E-state index contributed by atoms with van der Waals surface area (Å²) in [4.78, 5) is 21.2. The lowest BCUT2D eigenvalue weighted by molar-refractivity contribution is -0.138. The van der Waals surface area contributed by atoms with Crippen LogP contribution in [-0.4, -0.2) is 47.3 Å². The predicted molar refractivity (Wildman–Crippen MR) is 91.3 cm³/mol. The summed E-state index contributed by atoms with van der Waals surface area (Å²) in [6.07, 6.45) is 2.24. The second kappa shape index (κ2) is 6.69. The summed E-state index contributed by atoms with van der Waals surface area (Å²) in [5.41, 5.74) is 1.99. The summed E-state index contributed by atoms with van der Waals surface area (Å²) in [5.74, 6) is 0.460. The fourth-order valence-corrected chi connectivity index (χ4v) is 2.82. The Balaban J connectivity index is 1.90. The molecular weight excluding hydrogens is 325 g/mol. The van der Waals surface area contributed by atoms with Crippen LogP contribution in [0.4, 0.5) is 5.82 Å². The molecule has 1 aliphatic heterocycles. The number of aryl methyl sites for hydroxylation is 1. The number of aliphatic carboxylic acids is 1. The molecule has 1 aliphatic rings. The van der Waals surface area contributed by atoms with E-state index in [2.05, 4.69) is 9.97 Å². The first-order valence-corrected chi connectivity index (χ1v) is 7.72. The third-order valence-corrected chi connectivity index (χ3v) is 3.91. The number of hydrogen-bond donors (Lipinski definition) is 2. The summed E-state index contributed by atoms with van der Waals surface area (Å²) in [7, 11) is 2.52. The molecule has 130 valence electrons. The number of hydrogen-bond acceptors (Lipinski definition) is 7. The van der Waals surface area contributed by atoms with E-state index in [-0.39, 0.29) is 6.42 Å². The molecule has 1 aromatic carbocycles. The van der Waals surface area contributed by atoms with Crippen LogP contribution in [0.2, 0.25) is 0 Å². The van der Waals surface area contributed by atoms with Gasteiger partial charge in [-0.2, -0.15) is 4.98 Å². The minimum Gasteiger partial charge on any atom is -0.481 e. The molecule has 0 spiro atoms. The van der Waals surface area contributed by atoms with Gasteiger partial charge in [-0.05, 0) is 35.6 Å². The summed E-state index contributed by atoms with van der Waals surface area (Å²) in [5, 5.41) is 19.1. The lowest BCUT2D eigenvalue weighted by atomic mass is 9.77. The zero-order chi connectivity index (χ0) is 18.1. The van der Waals surface area contributed by atoms with Crippen molar-refractivity contribution >= 4 is 24.4 Å². The summed E-state index contributed by atoms with van der Waals surface area (Å²) in [6.45, 7) is 1.82. The number of ether oxygens (including phenoxy) is 1. The van der Waals surface area contributed by atoms with Crippen LogP contribution >= 0.6 is 0 Å². The molecule has 3 rings (SSSR count). The van der Waals surface area contributed by atoms with Crippen molar-refractivity contribution in [3.8, 4) is 11.6 Å². The van der Waals surface area contributed by atoms with Gasteiger partial charge in [-0.25, -0.2) is 0 Å². The van der Waals surface area contributed by atoms with Gasteiger partial charge in [0.2, 0.25) is 5.88 Å². The third kappa shape index (κ3) is 3.57. The van der Waals surface area contributed by atoms with Crippen molar-refractivity contribution in [3.05, 3.63) is 35.7 Å². The SMILES string of the molecule is Cc1cc(Oc2cncc(N(C)C)n2)cc2c1C(CC(=O)O)OB2O. The summed E-state index contributed by atoms with van der Waals surface area (Å²) < 4.78 is 11.1. The zero-order valence-electron chi connectivity index (χ0n) is 14.1. The van der Waals surface area contributed by atoms with Gasteiger partial charge in [0, 0.05) is 14.1 Å². The Hall–Kier alpha value is -2.65. The predicted octanol–water partition coefficient (Wildman–Crippen LogP) is 0.877. The molecule has 0 fully saturated rings. The molecule has 1 aromatic heterocycles. The molecule has 0 aliphatic carbocycles. The van der Waals surface area contributed by atoms with Crippen LogP contribution in [0.15, 0.2) is 24.5 Å². The van der Waals surface area contributed by atoms with Crippen molar-refractivity contribution < 1.29 is 24.3 Å². The van der Waals surface area contributed by atoms with E-state index in [1.54, 1.807) is 18.3 Å². The number of carboxylic acid groups (broad SMARTS) is 1. The fraction of sp³-hybridized carbons (Fsp3) is 0.312. The van der Waals surface area contributed by atoms with Crippen LogP contribution in [0.1, 0.15) is 23.7 Å². The van der Waals surface area contributed by atoms with Gasteiger partial charge in [0.25, 0.3) is 0 Å². The molecule has 25 heavy (non-hydrogen) atoms. The Morgan fingerprint density at radius 3 is 2.84 bits per heavy atom. The number of rotatable bonds is 5. The second-order valence-electron chi connectivity index (χ2n) is 6.03. The Bertz CT molecular complexity index is 814. The molecule has 9 heteroatoms. The lowest BCUT2D eigenvalue weighted by Crippen LogP contribution is -2.28. The highest BCUT2D eigenvalue weighted by atomic mass is 16.5. The molecule has 2 aromatic rings. The monoisotopic (exact) mass is 343 g/mol. The van der Waals surface area contributed by atoms with Crippen LogP contribution in [0, 0.1) is 6.92 Å². The molecular formula is C16H18BN3O5. The maximum atomic E-state index is 11.0. The maximum Gasteiger partial charge on any atom is 0.492 e. The van der Waals surface area contributed by atoms with Crippen LogP contribution in [0.3, 0.4) is 0 Å². The van der Waals surface area contributed by atoms with Crippen LogP contribution in [0.5, 0.6) is 11.6 Å². The first kappa shape index (κ1) is 17.2. The zero-order valence-corrected chi connectivity index (χ0v) is 14.1. The second-order valence-corrected chi connectivity index (χ2v) is 6.03. The topological polar surface area (TPSA) is 105 Å². The lowest BCUT2D eigenvalue weighted by Gasteiger charge is -2.14. The molecule has 0 amide bonds. The van der Waals surface area contributed by atoms with Crippen molar-refractivity contribution in [3.63, 3.8) is 0 Å². The van der Waals surface area contributed by atoms with Crippen LogP contribution in [-0.2, 0) is 9.45 Å². The van der Waals surface area contributed by atoms with Gasteiger partial charge in [0.05, 0.1) is 24.9 Å². The number of benzene rings is 1. The molecule has 0 radical (unpaired) electrons. The quantitative estimate of drug-likeness (QED) is 0.771. The van der Waals surface area contributed by atoms with Crippen molar-refractivity contribution in [2.45, 2.75) is 19.4 Å². The number of aromatic nitrogens is 2. The van der Waals surface area contributed by atoms with Gasteiger partial charge in [0.1, 0.15) is 5.75 Å². The molecule has 0 saturated carbocycles. The van der Waals surface area contributed by atoms with E-state index >= 15 is 0 Å². The minimum absolute atomic E-state index is 0.207. The number of anilines is 1. The molecule has 2 N–H and O–H groups in total. The van der Waals surface area contributed by atoms with Crippen molar-refractivity contribution in [1.29, 1.82) is 0 Å². The van der Waals surface area contributed by atoms with E-state index in [0.29, 0.717) is 28.5 Å². The van der Waals surface area contributed by atoms with E-state index < -0.39 is 19.2 Å². The first-order valence-electron chi connectivity index (χ1n) is 7.72. The summed E-state index contributed by atoms with van der Waals surface area (Å²) in [6, 6.07) is 3.40. The van der Waals surface area contributed by atoms with E-state index in [1.165, 1.54) is 6.20 Å². The normalized spacial score (nSPS) is 15.8. The molecule has 1 unspecified atom stereocenters. The average Bonchev–Trinajstić information content (AvgIpc) is 2.83. The highest BCUT2D eigenvalue weighted by Crippen LogP contribution is 2.32. The van der Waals surface area contributed by atoms with Crippen molar-refractivity contribution in [2.24, 2.45) is 0 Å². The maximum absolute atomic E-state index is 11.0. The van der Waals surface area contributed by atoms with Crippen molar-refractivity contribution in [1.82, 2.24) is 9.97 Å². The van der Waals surface area contributed by atoms with Gasteiger partial charge >= 0.3 is 13.1 Å². The summed E-state index contributed by atoms with van der Waals surface area (Å²) >= 11 is 0. The molecule has 2 heterocycles. The highest BCUT2D eigenvalue weighted by molar-refractivity contribution is 6.62. The van der Waals surface area contributed by atoms with Gasteiger partial charge in [-0.3, -0.25) is 9.78 Å². The number of fused-ring (bicyclic) bond motifs is 1. The number of carboxylic acids is 1. The van der Waals surface area contributed by atoms with Gasteiger partial charge in [-0.15, -0.1) is 0 Å². The minimum atomic E-state index is -1.18. The largest absolute Gasteiger partial charge is 0.492 e. The van der Waals surface area contributed by atoms with Gasteiger partial charge in [0.15, 0.2) is 5.82 Å². The standard InChI is InChI=1S/C16H18BN3O5/c1-9-4-10(24-14-8-18-7-13(19-14)20(2)3)5-11-16(9)12(6-15(21)22)25-17(11)23/h4-5,7-8,12,23H,6H2,1-3H3,(H,21,22).